The van der Waals surface area contributed by atoms with E-state index in [0.29, 0.717) is 4.75 Å². The van der Waals surface area contributed by atoms with Gasteiger partial charge in [0, 0.05) is 17.8 Å². The summed E-state index contributed by atoms with van der Waals surface area (Å²) in [4.78, 5) is 0. The van der Waals surface area contributed by atoms with Crippen LogP contribution in [0.3, 0.4) is 0 Å². The lowest BCUT2D eigenvalue weighted by Crippen LogP contribution is -2.36. The molecule has 0 aliphatic carbocycles. The summed E-state index contributed by atoms with van der Waals surface area (Å²) >= 11 is 3.76. The van der Waals surface area contributed by atoms with Gasteiger partial charge in [-0.3, -0.25) is 0 Å². The number of thiophene rings is 1. The predicted molar refractivity (Wildman–Crippen MR) is 72.9 cm³/mol. The molecule has 0 aromatic carbocycles. The normalized spacial score (nSPS) is 11.9. The van der Waals surface area contributed by atoms with Crippen LogP contribution in [0.15, 0.2) is 16.8 Å². The van der Waals surface area contributed by atoms with Gasteiger partial charge in [-0.2, -0.15) is 23.1 Å². The van der Waals surface area contributed by atoms with E-state index in [1.807, 2.05) is 11.8 Å². The molecule has 1 aromatic rings. The first-order chi connectivity index (χ1) is 7.26. The molecule has 15 heavy (non-hydrogen) atoms. The quantitative estimate of drug-likeness (QED) is 0.782. The lowest BCUT2D eigenvalue weighted by atomic mass is 10.0. The Labute approximate surface area is 102 Å². The van der Waals surface area contributed by atoms with Crippen molar-refractivity contribution in [2.24, 2.45) is 0 Å². The van der Waals surface area contributed by atoms with E-state index in [4.69, 9.17) is 0 Å². The Morgan fingerprint density at radius 2 is 2.13 bits per heavy atom. The summed E-state index contributed by atoms with van der Waals surface area (Å²) in [6.45, 7) is 6.68. The molecule has 0 saturated carbocycles. The molecule has 1 rings (SSSR count). The molecule has 0 atom stereocenters. The molecule has 1 heterocycles. The lowest BCUT2D eigenvalue weighted by molar-refractivity contribution is 0.495. The minimum Gasteiger partial charge on any atom is -0.311 e. The minimum atomic E-state index is 0.427. The first kappa shape index (κ1) is 13.1. The number of hydrogen-bond donors (Lipinski definition) is 1. The zero-order valence-corrected chi connectivity index (χ0v) is 11.5. The molecule has 3 heteroatoms. The van der Waals surface area contributed by atoms with Gasteiger partial charge >= 0.3 is 0 Å². The summed E-state index contributed by atoms with van der Waals surface area (Å²) in [5, 5.41) is 7.92. The molecule has 1 N–H and O–H groups in total. The molecule has 0 aliphatic heterocycles. The zero-order chi connectivity index (χ0) is 11.1. The van der Waals surface area contributed by atoms with Crippen LogP contribution in [0.5, 0.6) is 0 Å². The van der Waals surface area contributed by atoms with E-state index in [-0.39, 0.29) is 0 Å². The molecule has 0 aliphatic rings. The molecule has 1 nitrogen and oxygen atoms in total. The van der Waals surface area contributed by atoms with Crippen LogP contribution < -0.4 is 5.32 Å². The van der Waals surface area contributed by atoms with Crippen molar-refractivity contribution in [3.8, 4) is 0 Å². The van der Waals surface area contributed by atoms with Crippen molar-refractivity contribution in [1.29, 1.82) is 0 Å². The average molecular weight is 243 g/mol. The number of hydrogen-bond acceptors (Lipinski definition) is 3. The van der Waals surface area contributed by atoms with Gasteiger partial charge in [-0.05, 0) is 41.5 Å². The first-order valence-electron chi connectivity index (χ1n) is 5.53. The fourth-order valence-electron chi connectivity index (χ4n) is 1.69. The van der Waals surface area contributed by atoms with Crippen molar-refractivity contribution in [3.05, 3.63) is 22.4 Å². The highest BCUT2D eigenvalue weighted by Crippen LogP contribution is 2.29. The Bertz CT molecular complexity index is 244. The van der Waals surface area contributed by atoms with Gasteiger partial charge in [0.2, 0.25) is 0 Å². The lowest BCUT2D eigenvalue weighted by Gasteiger charge is -2.29. The number of nitrogens with one attached hydrogen (secondary N) is 1. The summed E-state index contributed by atoms with van der Waals surface area (Å²) < 4.78 is 0.427. The maximum absolute atomic E-state index is 3.57. The molecule has 0 saturated heterocycles. The molecule has 0 unspecified atom stereocenters. The zero-order valence-electron chi connectivity index (χ0n) is 9.88. The van der Waals surface area contributed by atoms with Gasteiger partial charge in [-0.15, -0.1) is 0 Å². The van der Waals surface area contributed by atoms with E-state index in [1.165, 1.54) is 18.4 Å². The summed E-state index contributed by atoms with van der Waals surface area (Å²) in [5.74, 6) is 0. The Balaban J connectivity index is 2.34. The highest BCUT2D eigenvalue weighted by Gasteiger charge is 2.23. The van der Waals surface area contributed by atoms with Crippen molar-refractivity contribution in [1.82, 2.24) is 5.32 Å². The van der Waals surface area contributed by atoms with Crippen LogP contribution in [0, 0.1) is 0 Å². The van der Waals surface area contributed by atoms with Crippen LogP contribution in [0.4, 0.5) is 0 Å². The Morgan fingerprint density at radius 3 is 2.60 bits per heavy atom. The monoisotopic (exact) mass is 243 g/mol. The van der Waals surface area contributed by atoms with Gasteiger partial charge in [0.05, 0.1) is 0 Å². The summed E-state index contributed by atoms with van der Waals surface area (Å²) in [6.07, 6.45) is 4.70. The third-order valence-electron chi connectivity index (χ3n) is 3.08. The highest BCUT2D eigenvalue weighted by molar-refractivity contribution is 8.00. The third-order valence-corrected chi connectivity index (χ3v) is 5.40. The molecule has 0 amide bonds. The van der Waals surface area contributed by atoms with Gasteiger partial charge < -0.3 is 5.32 Å². The summed E-state index contributed by atoms with van der Waals surface area (Å²) in [6, 6.07) is 2.19. The molecule has 0 spiro atoms. The maximum atomic E-state index is 3.57. The fraction of sp³-hybridized carbons (Fsp3) is 0.667. The van der Waals surface area contributed by atoms with Crippen LogP contribution in [0.2, 0.25) is 0 Å². The minimum absolute atomic E-state index is 0.427. The van der Waals surface area contributed by atoms with Gasteiger partial charge in [0.25, 0.3) is 0 Å². The van der Waals surface area contributed by atoms with Gasteiger partial charge in [-0.25, -0.2) is 0 Å². The predicted octanol–water partition coefficient (Wildman–Crippen LogP) is 3.76. The van der Waals surface area contributed by atoms with Crippen molar-refractivity contribution >= 4 is 23.1 Å². The molecular weight excluding hydrogens is 222 g/mol. The summed E-state index contributed by atoms with van der Waals surface area (Å²) in [5.41, 5.74) is 1.40. The van der Waals surface area contributed by atoms with E-state index < -0.39 is 0 Å². The second kappa shape index (κ2) is 6.56. The number of rotatable bonds is 7. The van der Waals surface area contributed by atoms with Crippen molar-refractivity contribution < 1.29 is 0 Å². The molecule has 0 fully saturated rings. The van der Waals surface area contributed by atoms with Crippen molar-refractivity contribution in [2.75, 3.05) is 12.8 Å². The van der Waals surface area contributed by atoms with Crippen molar-refractivity contribution in [3.63, 3.8) is 0 Å². The second-order valence-electron chi connectivity index (χ2n) is 3.83. The standard InChI is InChI=1S/C12H21NS2/c1-4-12(5-2,14-3)10-13-8-11-6-7-15-9-11/h6-7,9,13H,4-5,8,10H2,1-3H3. The number of thioether (sulfide) groups is 1. The van der Waals surface area contributed by atoms with Crippen LogP contribution in [0.25, 0.3) is 0 Å². The van der Waals surface area contributed by atoms with E-state index in [9.17, 15) is 0 Å². The highest BCUT2D eigenvalue weighted by atomic mass is 32.2. The van der Waals surface area contributed by atoms with Gasteiger partial charge in [0.1, 0.15) is 0 Å². The fourth-order valence-corrected chi connectivity index (χ4v) is 3.18. The molecule has 1 aromatic heterocycles. The summed E-state index contributed by atoms with van der Waals surface area (Å²) in [7, 11) is 0. The van der Waals surface area contributed by atoms with Crippen LogP contribution in [-0.4, -0.2) is 17.5 Å². The Morgan fingerprint density at radius 1 is 1.40 bits per heavy atom. The SMILES string of the molecule is CCC(CC)(CNCc1ccsc1)SC. The van der Waals surface area contributed by atoms with Crippen molar-refractivity contribution in [2.45, 2.75) is 38.0 Å². The van der Waals surface area contributed by atoms with E-state index in [1.54, 1.807) is 11.3 Å². The molecule has 0 bridgehead atoms. The smallest absolute Gasteiger partial charge is 0.0276 e. The van der Waals surface area contributed by atoms with E-state index in [2.05, 4.69) is 42.2 Å². The second-order valence-corrected chi connectivity index (χ2v) is 5.88. The maximum Gasteiger partial charge on any atom is 0.0276 e. The first-order valence-corrected chi connectivity index (χ1v) is 7.70. The van der Waals surface area contributed by atoms with E-state index in [0.717, 1.165) is 13.1 Å². The Kier molecular flexibility index (Phi) is 5.72. The topological polar surface area (TPSA) is 12.0 Å². The molecule has 0 radical (unpaired) electrons. The van der Waals surface area contributed by atoms with Gasteiger partial charge in [0.15, 0.2) is 0 Å². The van der Waals surface area contributed by atoms with Crippen LogP contribution in [-0.2, 0) is 6.54 Å². The van der Waals surface area contributed by atoms with Crippen LogP contribution >= 0.6 is 23.1 Å². The average Bonchev–Trinajstić information content (AvgIpc) is 2.78. The van der Waals surface area contributed by atoms with Crippen LogP contribution in [0.1, 0.15) is 32.3 Å². The molecule has 86 valence electrons. The van der Waals surface area contributed by atoms with Gasteiger partial charge in [-0.1, -0.05) is 13.8 Å². The Hall–Kier alpha value is 0.01000. The largest absolute Gasteiger partial charge is 0.311 e. The molecular formula is C12H21NS2. The third kappa shape index (κ3) is 3.82. The van der Waals surface area contributed by atoms with E-state index >= 15 is 0 Å².